The van der Waals surface area contributed by atoms with Crippen LogP contribution in [0, 0.1) is 6.26 Å². The molecule has 1 radical (unpaired) electrons. The lowest BCUT2D eigenvalue weighted by molar-refractivity contribution is 0.603. The predicted octanol–water partition coefficient (Wildman–Crippen LogP) is 1.98. The summed E-state index contributed by atoms with van der Waals surface area (Å²) in [6.45, 7) is 0. The molecule has 0 fully saturated rings. The van der Waals surface area contributed by atoms with E-state index in [2.05, 4.69) is 11.2 Å². The van der Waals surface area contributed by atoms with Crippen LogP contribution in [0.5, 0.6) is 0 Å². The molecule has 0 N–H and O–H groups in total. The van der Waals surface area contributed by atoms with Gasteiger partial charge in [-0.2, -0.15) is 0 Å². The Bertz CT molecular complexity index is 605. The van der Waals surface area contributed by atoms with Gasteiger partial charge in [0.25, 0.3) is 0 Å². The Morgan fingerprint density at radius 2 is 1.88 bits per heavy atom. The fraction of sp³-hybridized carbons (Fsp3) is 0.167. The van der Waals surface area contributed by atoms with Gasteiger partial charge >= 0.3 is 0 Å². The van der Waals surface area contributed by atoms with Crippen LogP contribution in [0.4, 0.5) is 0 Å². The first-order chi connectivity index (χ1) is 7.54. The van der Waals surface area contributed by atoms with Crippen molar-refractivity contribution in [3.05, 3.63) is 48.5 Å². The number of aryl methyl sites for hydroxylation is 1. The second-order valence-electron chi connectivity index (χ2n) is 3.72. The zero-order chi connectivity index (χ0) is 11.6. The number of nitrogens with zero attached hydrogens (tertiary/aromatic N) is 1. The summed E-state index contributed by atoms with van der Waals surface area (Å²) in [7, 11) is -3.17. The van der Waals surface area contributed by atoms with Gasteiger partial charge in [0.2, 0.25) is 0 Å². The number of hydrogen-bond donors (Lipinski definition) is 0. The molecular weight excluding hydrogens is 222 g/mol. The molecule has 3 nitrogen and oxygen atoms in total. The first-order valence-electron chi connectivity index (χ1n) is 4.94. The minimum Gasteiger partial charge on any atom is -0.261 e. The number of rotatable bonds is 3. The molecule has 1 aromatic heterocycles. The molecule has 83 valence electrons. The van der Waals surface area contributed by atoms with Crippen LogP contribution in [0.3, 0.4) is 0 Å². The Labute approximate surface area is 95.1 Å². The molecule has 4 heteroatoms. The summed E-state index contributed by atoms with van der Waals surface area (Å²) in [5, 5.41) is 2.14. The molecular formula is C12H12NO2S. The highest BCUT2D eigenvalue weighted by Crippen LogP contribution is 2.13. The molecule has 0 unspecified atom stereocenters. The molecule has 0 atom stereocenters. The SMILES string of the molecule is [CH2]S(=O)(=O)CCc1cc2ccccc2cn1. The van der Waals surface area contributed by atoms with Gasteiger partial charge in [-0.3, -0.25) is 4.98 Å². The van der Waals surface area contributed by atoms with Crippen LogP contribution in [-0.2, 0) is 16.3 Å². The van der Waals surface area contributed by atoms with Gasteiger partial charge in [0.1, 0.15) is 0 Å². The van der Waals surface area contributed by atoms with E-state index < -0.39 is 9.84 Å². The molecule has 2 rings (SSSR count). The molecule has 0 aliphatic rings. The second-order valence-corrected chi connectivity index (χ2v) is 5.62. The second kappa shape index (κ2) is 4.22. The zero-order valence-corrected chi connectivity index (χ0v) is 9.57. The van der Waals surface area contributed by atoms with Gasteiger partial charge < -0.3 is 0 Å². The van der Waals surface area contributed by atoms with Crippen molar-refractivity contribution < 1.29 is 8.42 Å². The summed E-state index contributed by atoms with van der Waals surface area (Å²) >= 11 is 0. The lowest BCUT2D eigenvalue weighted by atomic mass is 10.1. The summed E-state index contributed by atoms with van der Waals surface area (Å²) in [5.41, 5.74) is 0.783. The molecule has 0 saturated carbocycles. The van der Waals surface area contributed by atoms with E-state index in [0.717, 1.165) is 16.5 Å². The smallest absolute Gasteiger partial charge is 0.151 e. The third-order valence-corrected chi connectivity index (χ3v) is 3.18. The maximum absolute atomic E-state index is 10.9. The maximum atomic E-state index is 10.9. The van der Waals surface area contributed by atoms with Gasteiger partial charge in [-0.25, -0.2) is 8.42 Å². The van der Waals surface area contributed by atoms with E-state index in [9.17, 15) is 8.42 Å². The van der Waals surface area contributed by atoms with Crippen molar-refractivity contribution in [2.45, 2.75) is 6.42 Å². The Kier molecular flexibility index (Phi) is 2.92. The quantitative estimate of drug-likeness (QED) is 0.816. The molecule has 0 aliphatic carbocycles. The van der Waals surface area contributed by atoms with E-state index in [1.165, 1.54) is 0 Å². The fourth-order valence-corrected chi connectivity index (χ4v) is 2.05. The minimum absolute atomic E-state index is 0.0400. The van der Waals surface area contributed by atoms with Crippen molar-refractivity contribution in [3.8, 4) is 0 Å². The Morgan fingerprint density at radius 1 is 1.19 bits per heavy atom. The number of fused-ring (bicyclic) bond motifs is 1. The Balaban J connectivity index is 2.26. The van der Waals surface area contributed by atoms with Crippen LogP contribution in [-0.4, -0.2) is 19.2 Å². The highest BCUT2D eigenvalue weighted by molar-refractivity contribution is 7.92. The third kappa shape index (κ3) is 2.79. The summed E-state index contributed by atoms with van der Waals surface area (Å²) < 4.78 is 21.9. The first-order valence-corrected chi connectivity index (χ1v) is 6.76. The van der Waals surface area contributed by atoms with E-state index in [-0.39, 0.29) is 5.75 Å². The van der Waals surface area contributed by atoms with E-state index in [0.29, 0.717) is 6.42 Å². The average molecular weight is 234 g/mol. The standard InChI is InChI=1S/C12H12NO2S/c1-16(14,15)7-6-12-8-10-4-2-3-5-11(10)9-13-12/h2-5,8-9H,1,6-7H2. The number of hydrogen-bond acceptors (Lipinski definition) is 3. The van der Waals surface area contributed by atoms with Crippen molar-refractivity contribution in [2.24, 2.45) is 0 Å². The largest absolute Gasteiger partial charge is 0.261 e. The first kappa shape index (κ1) is 11.1. The predicted molar refractivity (Wildman–Crippen MR) is 64.6 cm³/mol. The Morgan fingerprint density at radius 3 is 2.56 bits per heavy atom. The monoisotopic (exact) mass is 234 g/mol. The lowest BCUT2D eigenvalue weighted by Crippen LogP contribution is -2.04. The lowest BCUT2D eigenvalue weighted by Gasteiger charge is -2.01. The van der Waals surface area contributed by atoms with Crippen molar-refractivity contribution in [2.75, 3.05) is 5.75 Å². The van der Waals surface area contributed by atoms with Crippen molar-refractivity contribution >= 4 is 20.6 Å². The van der Waals surface area contributed by atoms with Crippen LogP contribution in [0.2, 0.25) is 0 Å². The van der Waals surface area contributed by atoms with Gasteiger partial charge in [0.05, 0.1) is 12.0 Å². The maximum Gasteiger partial charge on any atom is 0.151 e. The van der Waals surface area contributed by atoms with Crippen LogP contribution in [0.1, 0.15) is 5.69 Å². The van der Waals surface area contributed by atoms with E-state index in [1.807, 2.05) is 30.3 Å². The molecule has 0 aliphatic heterocycles. The van der Waals surface area contributed by atoms with E-state index in [4.69, 9.17) is 0 Å². The summed E-state index contributed by atoms with van der Waals surface area (Å²) in [4.78, 5) is 4.22. The molecule has 0 amide bonds. The van der Waals surface area contributed by atoms with Gasteiger partial charge in [-0.1, -0.05) is 24.3 Å². The molecule has 0 bridgehead atoms. The van der Waals surface area contributed by atoms with Crippen LogP contribution in [0.25, 0.3) is 10.8 Å². The van der Waals surface area contributed by atoms with Gasteiger partial charge in [0, 0.05) is 23.7 Å². The highest BCUT2D eigenvalue weighted by atomic mass is 32.2. The molecule has 1 heterocycles. The van der Waals surface area contributed by atoms with Gasteiger partial charge in [-0.15, -0.1) is 0 Å². The molecule has 0 spiro atoms. The molecule has 0 saturated heterocycles. The van der Waals surface area contributed by atoms with Crippen molar-refractivity contribution in [1.29, 1.82) is 0 Å². The summed E-state index contributed by atoms with van der Waals surface area (Å²) in [5.74, 6) is 0.0400. The zero-order valence-electron chi connectivity index (χ0n) is 8.76. The van der Waals surface area contributed by atoms with Crippen LogP contribution in [0.15, 0.2) is 36.5 Å². The number of pyridine rings is 1. The van der Waals surface area contributed by atoms with Crippen molar-refractivity contribution in [3.63, 3.8) is 0 Å². The third-order valence-electron chi connectivity index (χ3n) is 2.36. The van der Waals surface area contributed by atoms with Crippen LogP contribution >= 0.6 is 0 Å². The summed E-state index contributed by atoms with van der Waals surface area (Å²) in [6.07, 6.45) is 5.27. The molecule has 2 aromatic rings. The van der Waals surface area contributed by atoms with E-state index in [1.54, 1.807) is 6.20 Å². The highest BCUT2D eigenvalue weighted by Gasteiger charge is 2.04. The number of sulfone groups is 1. The number of aromatic nitrogens is 1. The topological polar surface area (TPSA) is 47.0 Å². The van der Waals surface area contributed by atoms with Gasteiger partial charge in [-0.05, 0) is 11.5 Å². The number of benzene rings is 1. The van der Waals surface area contributed by atoms with Crippen LogP contribution < -0.4 is 0 Å². The Hall–Kier alpha value is -1.42. The average Bonchev–Trinajstić information content (AvgIpc) is 2.25. The summed E-state index contributed by atoms with van der Waals surface area (Å²) in [6, 6.07) is 9.78. The minimum atomic E-state index is -3.17. The fourth-order valence-electron chi connectivity index (χ4n) is 1.53. The van der Waals surface area contributed by atoms with Gasteiger partial charge in [0.15, 0.2) is 9.84 Å². The molecule has 1 aromatic carbocycles. The molecule has 16 heavy (non-hydrogen) atoms. The normalized spacial score (nSPS) is 11.8. The van der Waals surface area contributed by atoms with E-state index >= 15 is 0 Å². The van der Waals surface area contributed by atoms with Crippen molar-refractivity contribution in [1.82, 2.24) is 4.98 Å².